The molecule has 1 N–H and O–H groups in total. The number of carbonyl (C=O) groups excluding carboxylic acids is 1. The number of methoxy groups -OCH3 is 1. The Kier molecular flexibility index (Phi) is 7.41. The number of likely N-dealkylation sites (N-methyl/N-ethyl adjacent to an activating group) is 1. The van der Waals surface area contributed by atoms with Crippen molar-refractivity contribution in [1.82, 2.24) is 4.31 Å². The van der Waals surface area contributed by atoms with E-state index in [2.05, 4.69) is 5.32 Å². The minimum absolute atomic E-state index is 0.165. The predicted octanol–water partition coefficient (Wildman–Crippen LogP) is 3.61. The summed E-state index contributed by atoms with van der Waals surface area (Å²) < 4.78 is 31.2. The summed E-state index contributed by atoms with van der Waals surface area (Å²) in [7, 11) is -2.22. The van der Waals surface area contributed by atoms with Crippen LogP contribution >= 0.6 is 11.6 Å². The van der Waals surface area contributed by atoms with Gasteiger partial charge >= 0.3 is 0 Å². The average molecular weight is 409 g/mol. The van der Waals surface area contributed by atoms with Crippen molar-refractivity contribution >= 4 is 39.3 Å². The predicted molar refractivity (Wildman–Crippen MR) is 108 cm³/mol. The molecule has 0 radical (unpaired) electrons. The lowest BCUT2D eigenvalue weighted by molar-refractivity contribution is -0.116. The average Bonchev–Trinajstić information content (AvgIpc) is 2.65. The molecule has 0 unspecified atom stereocenters. The van der Waals surface area contributed by atoms with Gasteiger partial charge in [-0.05, 0) is 35.9 Å². The molecule has 6 nitrogen and oxygen atoms in total. The number of amides is 1. The molecule has 0 aliphatic heterocycles. The largest absolute Gasteiger partial charge is 0.497 e. The number of carbonyl (C=O) groups is 1. The maximum absolute atomic E-state index is 12.5. The Hall–Kier alpha value is -2.35. The highest BCUT2D eigenvalue weighted by atomic mass is 35.5. The van der Waals surface area contributed by atoms with E-state index in [1.165, 1.54) is 13.2 Å². The number of anilines is 1. The lowest BCUT2D eigenvalue weighted by Crippen LogP contribution is -2.36. The second-order valence-electron chi connectivity index (χ2n) is 5.61. The second-order valence-corrected chi connectivity index (χ2v) is 7.86. The van der Waals surface area contributed by atoms with Crippen molar-refractivity contribution in [2.75, 3.05) is 25.5 Å². The zero-order chi connectivity index (χ0) is 19.9. The van der Waals surface area contributed by atoms with Crippen LogP contribution in [0.3, 0.4) is 0 Å². The van der Waals surface area contributed by atoms with Crippen molar-refractivity contribution in [3.05, 3.63) is 64.5 Å². The van der Waals surface area contributed by atoms with Crippen LogP contribution in [0, 0.1) is 0 Å². The molecule has 2 rings (SSSR count). The summed E-state index contributed by atoms with van der Waals surface area (Å²) in [5.74, 6) is 0.159. The number of halogens is 1. The highest BCUT2D eigenvalue weighted by Gasteiger charge is 2.20. The first kappa shape index (κ1) is 21.0. The van der Waals surface area contributed by atoms with E-state index in [1.807, 2.05) is 0 Å². The topological polar surface area (TPSA) is 75.7 Å². The second kappa shape index (κ2) is 9.55. The molecule has 0 spiro atoms. The summed E-state index contributed by atoms with van der Waals surface area (Å²) >= 11 is 5.81. The van der Waals surface area contributed by atoms with E-state index >= 15 is 0 Å². The molecule has 1 amide bonds. The van der Waals surface area contributed by atoms with Crippen molar-refractivity contribution in [2.24, 2.45) is 0 Å². The van der Waals surface area contributed by atoms with Gasteiger partial charge in [0.15, 0.2) is 0 Å². The van der Waals surface area contributed by atoms with E-state index in [9.17, 15) is 13.2 Å². The van der Waals surface area contributed by atoms with Crippen molar-refractivity contribution in [1.29, 1.82) is 0 Å². The number of sulfonamides is 1. The van der Waals surface area contributed by atoms with E-state index < -0.39 is 15.9 Å². The molecule has 0 saturated heterocycles. The van der Waals surface area contributed by atoms with Gasteiger partial charge in [0.05, 0.1) is 13.7 Å². The molecule has 2 aromatic rings. The number of nitrogens with zero attached hydrogens (tertiary/aromatic N) is 1. The number of rotatable bonds is 8. The van der Waals surface area contributed by atoms with Crippen LogP contribution in [0.4, 0.5) is 5.69 Å². The molecule has 144 valence electrons. The molecule has 27 heavy (non-hydrogen) atoms. The van der Waals surface area contributed by atoms with Crippen LogP contribution in [0.2, 0.25) is 5.02 Å². The Morgan fingerprint density at radius 3 is 2.56 bits per heavy atom. The standard InChI is InChI=1S/C19H21ClN2O4S/c1-3-22(14-19(23)21-17-5-4-6-18(13-17)26-2)27(24,25)12-11-15-7-9-16(20)10-8-15/h4-13H,3,14H2,1-2H3,(H,21,23)/b12-11+. The number of hydrogen-bond acceptors (Lipinski definition) is 4. The zero-order valence-electron chi connectivity index (χ0n) is 15.1. The van der Waals surface area contributed by atoms with Gasteiger partial charge < -0.3 is 10.1 Å². The van der Waals surface area contributed by atoms with Gasteiger partial charge in [0, 0.05) is 28.7 Å². The highest BCUT2D eigenvalue weighted by molar-refractivity contribution is 7.92. The fraction of sp³-hybridized carbons (Fsp3) is 0.211. The first-order valence-electron chi connectivity index (χ1n) is 8.21. The third-order valence-corrected chi connectivity index (χ3v) is 5.53. The van der Waals surface area contributed by atoms with E-state index in [1.54, 1.807) is 55.5 Å². The van der Waals surface area contributed by atoms with Crippen molar-refractivity contribution in [2.45, 2.75) is 6.92 Å². The van der Waals surface area contributed by atoms with Crippen molar-refractivity contribution in [3.63, 3.8) is 0 Å². The van der Waals surface area contributed by atoms with Gasteiger partial charge in [-0.1, -0.05) is 36.7 Å². The monoisotopic (exact) mass is 408 g/mol. The molecule has 0 aliphatic rings. The fourth-order valence-corrected chi connectivity index (χ4v) is 3.55. The van der Waals surface area contributed by atoms with E-state index in [0.717, 1.165) is 9.71 Å². The normalized spacial score (nSPS) is 11.7. The first-order chi connectivity index (χ1) is 12.8. The Labute approximate surface area is 164 Å². The maximum atomic E-state index is 12.5. The van der Waals surface area contributed by atoms with Crippen LogP contribution in [0.25, 0.3) is 6.08 Å². The Balaban J connectivity index is 2.05. The van der Waals surface area contributed by atoms with Gasteiger partial charge in [-0.25, -0.2) is 8.42 Å². The number of benzene rings is 2. The summed E-state index contributed by atoms with van der Waals surface area (Å²) in [6.45, 7) is 1.55. The van der Waals surface area contributed by atoms with Gasteiger partial charge in [0.1, 0.15) is 5.75 Å². The molecular formula is C19H21ClN2O4S. The quantitative estimate of drug-likeness (QED) is 0.723. The van der Waals surface area contributed by atoms with Gasteiger partial charge in [-0.15, -0.1) is 0 Å². The molecule has 0 fully saturated rings. The fourth-order valence-electron chi connectivity index (χ4n) is 2.27. The van der Waals surface area contributed by atoms with Crippen LogP contribution in [-0.4, -0.2) is 38.8 Å². The number of nitrogens with one attached hydrogen (secondary N) is 1. The highest BCUT2D eigenvalue weighted by Crippen LogP contribution is 2.17. The number of hydrogen-bond donors (Lipinski definition) is 1. The summed E-state index contributed by atoms with van der Waals surface area (Å²) in [5.41, 5.74) is 1.23. The molecule has 8 heteroatoms. The molecular weight excluding hydrogens is 388 g/mol. The Morgan fingerprint density at radius 1 is 1.22 bits per heavy atom. The minimum atomic E-state index is -3.75. The van der Waals surface area contributed by atoms with Crippen LogP contribution < -0.4 is 10.1 Å². The van der Waals surface area contributed by atoms with E-state index in [-0.39, 0.29) is 13.1 Å². The molecule has 0 bridgehead atoms. The third kappa shape index (κ3) is 6.39. The molecule has 0 atom stereocenters. The molecule has 0 aromatic heterocycles. The van der Waals surface area contributed by atoms with Crippen LogP contribution in [0.5, 0.6) is 5.75 Å². The number of ether oxygens (including phenoxy) is 1. The minimum Gasteiger partial charge on any atom is -0.497 e. The Morgan fingerprint density at radius 2 is 1.93 bits per heavy atom. The van der Waals surface area contributed by atoms with Gasteiger partial charge in [-0.3, -0.25) is 4.79 Å². The van der Waals surface area contributed by atoms with Gasteiger partial charge in [-0.2, -0.15) is 4.31 Å². The maximum Gasteiger partial charge on any atom is 0.239 e. The van der Waals surface area contributed by atoms with Crippen LogP contribution in [-0.2, 0) is 14.8 Å². The summed E-state index contributed by atoms with van der Waals surface area (Å²) in [4.78, 5) is 12.2. The lowest BCUT2D eigenvalue weighted by Gasteiger charge is -2.18. The summed E-state index contributed by atoms with van der Waals surface area (Å²) in [5, 5.41) is 4.32. The summed E-state index contributed by atoms with van der Waals surface area (Å²) in [6.07, 6.45) is 1.47. The van der Waals surface area contributed by atoms with Crippen molar-refractivity contribution in [3.8, 4) is 5.75 Å². The van der Waals surface area contributed by atoms with E-state index in [0.29, 0.717) is 22.0 Å². The molecule has 0 aliphatic carbocycles. The zero-order valence-corrected chi connectivity index (χ0v) is 16.6. The van der Waals surface area contributed by atoms with Crippen LogP contribution in [0.1, 0.15) is 12.5 Å². The van der Waals surface area contributed by atoms with Gasteiger partial charge in [0.2, 0.25) is 15.9 Å². The SMILES string of the molecule is CCN(CC(=O)Nc1cccc(OC)c1)S(=O)(=O)/C=C/c1ccc(Cl)cc1. The molecule has 0 heterocycles. The van der Waals surface area contributed by atoms with E-state index in [4.69, 9.17) is 16.3 Å². The van der Waals surface area contributed by atoms with Gasteiger partial charge in [0.25, 0.3) is 0 Å². The first-order valence-corrected chi connectivity index (χ1v) is 10.1. The Bertz CT molecular complexity index is 912. The molecule has 0 saturated carbocycles. The molecule has 2 aromatic carbocycles. The lowest BCUT2D eigenvalue weighted by atomic mass is 10.2. The van der Waals surface area contributed by atoms with Crippen LogP contribution in [0.15, 0.2) is 53.9 Å². The van der Waals surface area contributed by atoms with Crippen molar-refractivity contribution < 1.29 is 17.9 Å². The summed E-state index contributed by atoms with van der Waals surface area (Å²) in [6, 6.07) is 13.6. The smallest absolute Gasteiger partial charge is 0.239 e. The third-order valence-electron chi connectivity index (χ3n) is 3.69.